The highest BCUT2D eigenvalue weighted by Crippen LogP contribution is 2.27. The number of carbonyl (C=O) groups excluding carboxylic acids is 2. The van der Waals surface area contributed by atoms with E-state index in [0.717, 1.165) is 62.6 Å². The Kier molecular flexibility index (Phi) is 8.97. The molecule has 194 valence electrons. The molecule has 0 atom stereocenters. The Labute approximate surface area is 216 Å². The van der Waals surface area contributed by atoms with Crippen molar-refractivity contribution in [1.82, 2.24) is 14.8 Å². The summed E-state index contributed by atoms with van der Waals surface area (Å²) in [5.74, 6) is 1.09. The Morgan fingerprint density at radius 1 is 0.861 bits per heavy atom. The Bertz CT molecular complexity index is 1020. The number of fused-ring (bicyclic) bond motifs is 1. The minimum atomic E-state index is 0.0640. The third-order valence-electron chi connectivity index (χ3n) is 7.47. The van der Waals surface area contributed by atoms with Crippen LogP contribution in [-0.2, 0) is 11.3 Å². The van der Waals surface area contributed by atoms with Gasteiger partial charge in [-0.1, -0.05) is 25.3 Å². The van der Waals surface area contributed by atoms with Crippen LogP contribution in [0.2, 0.25) is 0 Å². The summed E-state index contributed by atoms with van der Waals surface area (Å²) in [6.45, 7) is 11.5. The van der Waals surface area contributed by atoms with Crippen molar-refractivity contribution in [2.45, 2.75) is 65.5 Å². The zero-order valence-electron chi connectivity index (χ0n) is 22.2. The maximum atomic E-state index is 13.5. The van der Waals surface area contributed by atoms with Gasteiger partial charge >= 0.3 is 0 Å². The van der Waals surface area contributed by atoms with Crippen LogP contribution in [0.1, 0.15) is 68.8 Å². The van der Waals surface area contributed by atoms with Gasteiger partial charge in [0.05, 0.1) is 0 Å². The topological polar surface area (TPSA) is 60.0 Å². The standard InChI is InChI=1S/C29H41N5O2/c1-23(2)33-15-9-5-4-6-10-16-34(24(3)35)27-13-12-25(21-26(27)22-33)29(36)32-19-17-31(18-20-32)28-11-7-8-14-30-28/h7-8,11-14,21,23H,4-6,9-10,15-20,22H2,1-3H3. The number of piperazine rings is 1. The molecule has 2 aromatic rings. The first-order valence-electron chi connectivity index (χ1n) is 13.5. The fourth-order valence-electron chi connectivity index (χ4n) is 5.27. The number of pyridine rings is 1. The molecule has 4 rings (SSSR count). The largest absolute Gasteiger partial charge is 0.353 e. The van der Waals surface area contributed by atoms with Crippen LogP contribution in [0, 0.1) is 0 Å². The fourth-order valence-corrected chi connectivity index (χ4v) is 5.27. The van der Waals surface area contributed by atoms with Crippen molar-refractivity contribution in [3.63, 3.8) is 0 Å². The lowest BCUT2D eigenvalue weighted by molar-refractivity contribution is -0.116. The number of carbonyl (C=O) groups is 2. The molecule has 0 bridgehead atoms. The van der Waals surface area contributed by atoms with Crippen LogP contribution in [0.4, 0.5) is 11.5 Å². The van der Waals surface area contributed by atoms with Gasteiger partial charge in [0, 0.05) is 69.7 Å². The van der Waals surface area contributed by atoms with E-state index < -0.39 is 0 Å². The van der Waals surface area contributed by atoms with Crippen molar-refractivity contribution in [3.05, 3.63) is 53.7 Å². The van der Waals surface area contributed by atoms with Gasteiger partial charge in [-0.2, -0.15) is 0 Å². The zero-order valence-corrected chi connectivity index (χ0v) is 22.2. The molecule has 2 aliphatic rings. The highest BCUT2D eigenvalue weighted by Gasteiger charge is 2.25. The lowest BCUT2D eigenvalue weighted by Crippen LogP contribution is -2.49. The van der Waals surface area contributed by atoms with Gasteiger partial charge in [-0.25, -0.2) is 4.98 Å². The fraction of sp³-hybridized carbons (Fsp3) is 0.552. The van der Waals surface area contributed by atoms with Gasteiger partial charge in [0.15, 0.2) is 0 Å². The molecule has 0 aliphatic carbocycles. The molecule has 0 N–H and O–H groups in total. The summed E-state index contributed by atoms with van der Waals surface area (Å²) in [6, 6.07) is 12.3. The molecule has 0 radical (unpaired) electrons. The number of aromatic nitrogens is 1. The van der Waals surface area contributed by atoms with Gasteiger partial charge in [-0.15, -0.1) is 0 Å². The number of hydrogen-bond acceptors (Lipinski definition) is 5. The molecule has 1 saturated heterocycles. The molecule has 0 unspecified atom stereocenters. The van der Waals surface area contributed by atoms with E-state index in [0.29, 0.717) is 24.7 Å². The van der Waals surface area contributed by atoms with E-state index in [-0.39, 0.29) is 11.8 Å². The maximum Gasteiger partial charge on any atom is 0.253 e. The Morgan fingerprint density at radius 3 is 2.25 bits per heavy atom. The third kappa shape index (κ3) is 6.44. The normalized spacial score (nSPS) is 18.4. The SMILES string of the molecule is CC(=O)N1CCCCCCCN(C(C)C)Cc2cc(C(=O)N3CCN(c4ccccn4)CC3)ccc21. The predicted octanol–water partition coefficient (Wildman–Crippen LogP) is 4.57. The number of nitrogens with zero attached hydrogens (tertiary/aromatic N) is 5. The molecule has 1 aromatic heterocycles. The molecule has 2 amide bonds. The number of anilines is 2. The van der Waals surface area contributed by atoms with Gasteiger partial charge in [0.25, 0.3) is 5.91 Å². The van der Waals surface area contributed by atoms with E-state index >= 15 is 0 Å². The maximum absolute atomic E-state index is 13.5. The highest BCUT2D eigenvalue weighted by atomic mass is 16.2. The second kappa shape index (κ2) is 12.3. The molecule has 1 fully saturated rings. The first-order chi connectivity index (χ1) is 17.4. The van der Waals surface area contributed by atoms with E-state index in [1.54, 1.807) is 6.92 Å². The van der Waals surface area contributed by atoms with Gasteiger partial charge in [0.1, 0.15) is 5.82 Å². The predicted molar refractivity (Wildman–Crippen MR) is 145 cm³/mol. The van der Waals surface area contributed by atoms with E-state index in [1.165, 1.54) is 19.3 Å². The van der Waals surface area contributed by atoms with Crippen LogP contribution in [0.5, 0.6) is 0 Å². The van der Waals surface area contributed by atoms with Crippen molar-refractivity contribution in [2.24, 2.45) is 0 Å². The lowest BCUT2D eigenvalue weighted by atomic mass is 10.0. The molecule has 0 spiro atoms. The van der Waals surface area contributed by atoms with Crippen molar-refractivity contribution in [1.29, 1.82) is 0 Å². The number of hydrogen-bond donors (Lipinski definition) is 0. The summed E-state index contributed by atoms with van der Waals surface area (Å²) in [4.78, 5) is 39.2. The molecule has 36 heavy (non-hydrogen) atoms. The first kappa shape index (κ1) is 26.1. The van der Waals surface area contributed by atoms with Crippen molar-refractivity contribution in [2.75, 3.05) is 49.1 Å². The lowest BCUT2D eigenvalue weighted by Gasteiger charge is -2.35. The zero-order chi connectivity index (χ0) is 25.5. The van der Waals surface area contributed by atoms with Crippen molar-refractivity contribution in [3.8, 4) is 0 Å². The second-order valence-electron chi connectivity index (χ2n) is 10.3. The molecule has 0 saturated carbocycles. The second-order valence-corrected chi connectivity index (χ2v) is 10.3. The molecule has 7 nitrogen and oxygen atoms in total. The number of amides is 2. The van der Waals surface area contributed by atoms with Gasteiger partial charge in [-0.05, 0) is 69.1 Å². The van der Waals surface area contributed by atoms with Crippen molar-refractivity contribution < 1.29 is 9.59 Å². The smallest absolute Gasteiger partial charge is 0.253 e. The van der Waals surface area contributed by atoms with E-state index in [2.05, 4.69) is 28.6 Å². The number of rotatable bonds is 3. The quantitative estimate of drug-likeness (QED) is 0.629. The molecule has 3 heterocycles. The van der Waals surface area contributed by atoms with Crippen LogP contribution in [0.25, 0.3) is 0 Å². The van der Waals surface area contributed by atoms with Gasteiger partial charge in [-0.3, -0.25) is 14.5 Å². The summed E-state index contributed by atoms with van der Waals surface area (Å²) in [6.07, 6.45) is 7.58. The van der Waals surface area contributed by atoms with Gasteiger partial charge < -0.3 is 14.7 Å². The Balaban J connectivity index is 1.56. The summed E-state index contributed by atoms with van der Waals surface area (Å²) in [5, 5.41) is 0. The number of benzene rings is 1. The van der Waals surface area contributed by atoms with E-state index in [1.807, 2.05) is 52.4 Å². The highest BCUT2D eigenvalue weighted by molar-refractivity contribution is 5.97. The summed E-state index contributed by atoms with van der Waals surface area (Å²) >= 11 is 0. The van der Waals surface area contributed by atoms with Crippen LogP contribution in [0.3, 0.4) is 0 Å². The summed E-state index contributed by atoms with van der Waals surface area (Å²) in [5.41, 5.74) is 2.72. The van der Waals surface area contributed by atoms with Crippen LogP contribution in [-0.4, -0.2) is 71.9 Å². The molecular weight excluding hydrogens is 450 g/mol. The minimum Gasteiger partial charge on any atom is -0.353 e. The Hall–Kier alpha value is -2.93. The average molecular weight is 492 g/mol. The monoisotopic (exact) mass is 491 g/mol. The summed E-state index contributed by atoms with van der Waals surface area (Å²) < 4.78 is 0. The molecular formula is C29H41N5O2. The molecule has 1 aromatic carbocycles. The van der Waals surface area contributed by atoms with Crippen LogP contribution >= 0.6 is 0 Å². The van der Waals surface area contributed by atoms with Crippen LogP contribution in [0.15, 0.2) is 42.6 Å². The van der Waals surface area contributed by atoms with Gasteiger partial charge in [0.2, 0.25) is 5.91 Å². The third-order valence-corrected chi connectivity index (χ3v) is 7.47. The first-order valence-corrected chi connectivity index (χ1v) is 13.5. The van der Waals surface area contributed by atoms with E-state index in [4.69, 9.17) is 0 Å². The molecule has 7 heteroatoms. The average Bonchev–Trinajstić information content (AvgIpc) is 2.88. The summed E-state index contributed by atoms with van der Waals surface area (Å²) in [7, 11) is 0. The minimum absolute atomic E-state index is 0.0640. The van der Waals surface area contributed by atoms with Crippen molar-refractivity contribution >= 4 is 23.3 Å². The molecule has 2 aliphatic heterocycles. The van der Waals surface area contributed by atoms with E-state index in [9.17, 15) is 9.59 Å². The Morgan fingerprint density at radius 2 is 1.58 bits per heavy atom. The van der Waals surface area contributed by atoms with Crippen LogP contribution < -0.4 is 9.80 Å².